The Morgan fingerprint density at radius 3 is 1.62 bits per heavy atom. The van der Waals surface area contributed by atoms with E-state index >= 15 is 0 Å². The monoisotopic (exact) mass is 352 g/mol. The van der Waals surface area contributed by atoms with Gasteiger partial charge in [-0.2, -0.15) is 8.78 Å². The fraction of sp³-hybridized carbons (Fsp3) is 0.588. The fourth-order valence-corrected chi connectivity index (χ4v) is 2.24. The average Bonchev–Trinajstić information content (AvgIpc) is 2.57. The largest absolute Gasteiger partial charge is 0.420 e. The third-order valence-corrected chi connectivity index (χ3v) is 3.62. The van der Waals surface area contributed by atoms with Crippen LogP contribution in [0.3, 0.4) is 0 Å². The molecule has 0 saturated heterocycles. The molecule has 2 nitrogen and oxygen atoms in total. The molecule has 7 heteroatoms. The van der Waals surface area contributed by atoms with E-state index in [-0.39, 0.29) is 6.42 Å². The molecule has 0 aliphatic heterocycles. The number of ether oxygens (including phenoxy) is 1. The number of carbonyl (C=O) groups is 1. The van der Waals surface area contributed by atoms with Crippen molar-refractivity contribution in [1.29, 1.82) is 0 Å². The molecule has 0 saturated carbocycles. The Hall–Kier alpha value is -1.66. The van der Waals surface area contributed by atoms with Gasteiger partial charge in [-0.25, -0.2) is 13.2 Å². The Kier molecular flexibility index (Phi) is 8.71. The van der Waals surface area contributed by atoms with Crippen LogP contribution in [0.25, 0.3) is 0 Å². The number of hydrogen-bond acceptors (Lipinski definition) is 2. The predicted molar refractivity (Wildman–Crippen MR) is 79.1 cm³/mol. The molecule has 0 heterocycles. The number of esters is 1. The third kappa shape index (κ3) is 5.76. The standard InChI is InChI=1S/C17H21F5O2/c1-2-3-4-5-6-7-8-9-10-11(23)24-17-15(21)13(19)12(18)14(20)16(17)22/h2-10H2,1H3. The topological polar surface area (TPSA) is 26.3 Å². The quantitative estimate of drug-likeness (QED) is 0.132. The van der Waals surface area contributed by atoms with Crippen molar-refractivity contribution in [2.45, 2.75) is 64.7 Å². The van der Waals surface area contributed by atoms with Gasteiger partial charge in [0.05, 0.1) is 0 Å². The average molecular weight is 352 g/mol. The summed E-state index contributed by atoms with van der Waals surface area (Å²) in [6.45, 7) is 2.12. The maximum absolute atomic E-state index is 13.4. The Balaban J connectivity index is 2.41. The van der Waals surface area contributed by atoms with Gasteiger partial charge in [-0.15, -0.1) is 0 Å². The summed E-state index contributed by atoms with van der Waals surface area (Å²) >= 11 is 0. The summed E-state index contributed by atoms with van der Waals surface area (Å²) in [7, 11) is 0. The number of hydrogen-bond donors (Lipinski definition) is 0. The van der Waals surface area contributed by atoms with Gasteiger partial charge in [-0.1, -0.05) is 51.9 Å². The second-order valence-electron chi connectivity index (χ2n) is 5.60. The van der Waals surface area contributed by atoms with Crippen molar-refractivity contribution in [3.05, 3.63) is 29.1 Å². The number of unbranched alkanes of at least 4 members (excludes halogenated alkanes) is 7. The molecule has 0 fully saturated rings. The first-order valence-electron chi connectivity index (χ1n) is 8.12. The van der Waals surface area contributed by atoms with Crippen molar-refractivity contribution in [3.63, 3.8) is 0 Å². The van der Waals surface area contributed by atoms with Gasteiger partial charge in [0, 0.05) is 6.42 Å². The maximum Gasteiger partial charge on any atom is 0.311 e. The van der Waals surface area contributed by atoms with E-state index in [1.807, 2.05) is 0 Å². The van der Waals surface area contributed by atoms with Gasteiger partial charge >= 0.3 is 5.97 Å². The van der Waals surface area contributed by atoms with Crippen molar-refractivity contribution >= 4 is 5.97 Å². The molecule has 0 unspecified atom stereocenters. The van der Waals surface area contributed by atoms with E-state index in [1.165, 1.54) is 12.8 Å². The zero-order valence-electron chi connectivity index (χ0n) is 13.6. The summed E-state index contributed by atoms with van der Waals surface area (Å²) in [5.41, 5.74) is 0. The molecule has 1 aromatic rings. The molecular weight excluding hydrogens is 331 g/mol. The summed E-state index contributed by atoms with van der Waals surface area (Å²) in [6.07, 6.45) is 7.60. The Morgan fingerprint density at radius 1 is 0.708 bits per heavy atom. The van der Waals surface area contributed by atoms with Crippen molar-refractivity contribution in [2.24, 2.45) is 0 Å². The first-order chi connectivity index (χ1) is 11.4. The van der Waals surface area contributed by atoms with Gasteiger partial charge in [0.15, 0.2) is 0 Å². The normalized spacial score (nSPS) is 10.9. The molecular formula is C17H21F5O2. The van der Waals surface area contributed by atoms with Crippen LogP contribution in [0, 0.1) is 29.1 Å². The number of rotatable bonds is 10. The van der Waals surface area contributed by atoms with Crippen LogP contribution in [-0.4, -0.2) is 5.97 Å². The Bertz CT molecular complexity index is 531. The molecule has 0 atom stereocenters. The molecule has 0 amide bonds. The SMILES string of the molecule is CCCCCCCCCCC(=O)Oc1c(F)c(F)c(F)c(F)c1F. The summed E-state index contributed by atoms with van der Waals surface area (Å²) in [5.74, 6) is -13.4. The van der Waals surface area contributed by atoms with Crippen LogP contribution in [0.2, 0.25) is 0 Å². The Morgan fingerprint density at radius 2 is 1.12 bits per heavy atom. The molecule has 24 heavy (non-hydrogen) atoms. The molecule has 0 radical (unpaired) electrons. The van der Waals surface area contributed by atoms with Gasteiger partial charge in [0.2, 0.25) is 34.8 Å². The lowest BCUT2D eigenvalue weighted by Crippen LogP contribution is -2.13. The minimum absolute atomic E-state index is 0.144. The fourth-order valence-electron chi connectivity index (χ4n) is 2.24. The maximum atomic E-state index is 13.4. The first-order valence-corrected chi connectivity index (χ1v) is 8.12. The molecule has 0 aromatic heterocycles. The molecule has 1 rings (SSSR count). The van der Waals surface area contributed by atoms with Gasteiger partial charge in [-0.05, 0) is 6.42 Å². The Labute approximate surface area is 138 Å². The molecule has 136 valence electrons. The molecule has 0 aliphatic rings. The minimum Gasteiger partial charge on any atom is -0.420 e. The second-order valence-corrected chi connectivity index (χ2v) is 5.60. The minimum atomic E-state index is -2.28. The van der Waals surface area contributed by atoms with Crippen LogP contribution in [0.15, 0.2) is 0 Å². The van der Waals surface area contributed by atoms with Gasteiger partial charge in [0.25, 0.3) is 0 Å². The highest BCUT2D eigenvalue weighted by Gasteiger charge is 2.28. The van der Waals surface area contributed by atoms with Crippen molar-refractivity contribution in [2.75, 3.05) is 0 Å². The predicted octanol–water partition coefficient (Wildman–Crippen LogP) is 5.82. The van der Waals surface area contributed by atoms with Crippen LogP contribution in [0.5, 0.6) is 5.75 Å². The zero-order valence-corrected chi connectivity index (χ0v) is 13.6. The van der Waals surface area contributed by atoms with Crippen molar-refractivity contribution < 1.29 is 31.5 Å². The van der Waals surface area contributed by atoms with Gasteiger partial charge in [0.1, 0.15) is 0 Å². The van der Waals surface area contributed by atoms with E-state index in [0.717, 1.165) is 32.1 Å². The van der Waals surface area contributed by atoms with E-state index in [1.54, 1.807) is 0 Å². The smallest absolute Gasteiger partial charge is 0.311 e. The number of benzene rings is 1. The molecule has 0 N–H and O–H groups in total. The van der Waals surface area contributed by atoms with E-state index in [9.17, 15) is 26.7 Å². The summed E-state index contributed by atoms with van der Waals surface area (Å²) in [4.78, 5) is 11.5. The molecule has 0 spiro atoms. The van der Waals surface area contributed by atoms with E-state index in [4.69, 9.17) is 0 Å². The molecule has 1 aromatic carbocycles. The van der Waals surface area contributed by atoms with Crippen molar-refractivity contribution in [3.8, 4) is 5.75 Å². The summed E-state index contributed by atoms with van der Waals surface area (Å²) in [6, 6.07) is 0. The van der Waals surface area contributed by atoms with Gasteiger partial charge in [-0.3, -0.25) is 4.79 Å². The lowest BCUT2D eigenvalue weighted by atomic mass is 10.1. The highest BCUT2D eigenvalue weighted by atomic mass is 19.2. The summed E-state index contributed by atoms with van der Waals surface area (Å²) in [5, 5.41) is 0. The van der Waals surface area contributed by atoms with Crippen LogP contribution in [0.4, 0.5) is 22.0 Å². The van der Waals surface area contributed by atoms with Crippen LogP contribution >= 0.6 is 0 Å². The third-order valence-electron chi connectivity index (χ3n) is 3.62. The van der Waals surface area contributed by atoms with Gasteiger partial charge < -0.3 is 4.74 Å². The lowest BCUT2D eigenvalue weighted by molar-refractivity contribution is -0.135. The highest BCUT2D eigenvalue weighted by Crippen LogP contribution is 2.29. The van der Waals surface area contributed by atoms with E-state index in [0.29, 0.717) is 6.42 Å². The van der Waals surface area contributed by atoms with E-state index in [2.05, 4.69) is 11.7 Å². The second kappa shape index (κ2) is 10.3. The first kappa shape index (κ1) is 20.4. The lowest BCUT2D eigenvalue weighted by Gasteiger charge is -2.08. The van der Waals surface area contributed by atoms with E-state index < -0.39 is 40.8 Å². The van der Waals surface area contributed by atoms with Crippen LogP contribution in [-0.2, 0) is 4.79 Å². The molecule has 0 bridgehead atoms. The number of halogens is 5. The summed E-state index contributed by atoms with van der Waals surface area (Å²) < 4.78 is 69.9. The van der Waals surface area contributed by atoms with Crippen LogP contribution < -0.4 is 4.74 Å². The number of carbonyl (C=O) groups excluding carboxylic acids is 1. The zero-order chi connectivity index (χ0) is 18.1. The van der Waals surface area contributed by atoms with Crippen LogP contribution in [0.1, 0.15) is 64.7 Å². The van der Waals surface area contributed by atoms with Crippen molar-refractivity contribution in [1.82, 2.24) is 0 Å². The highest BCUT2D eigenvalue weighted by molar-refractivity contribution is 5.72. The molecule has 0 aliphatic carbocycles.